The van der Waals surface area contributed by atoms with Crippen molar-refractivity contribution in [3.63, 3.8) is 0 Å². The Morgan fingerprint density at radius 1 is 1.18 bits per heavy atom. The molecule has 0 radical (unpaired) electrons. The molecule has 1 N–H and O–H groups in total. The summed E-state index contributed by atoms with van der Waals surface area (Å²) in [5.41, 5.74) is 3.19. The summed E-state index contributed by atoms with van der Waals surface area (Å²) in [6, 6.07) is 1.98. The van der Waals surface area contributed by atoms with E-state index in [2.05, 4.69) is 6.92 Å². The summed E-state index contributed by atoms with van der Waals surface area (Å²) in [6.07, 6.45) is 0.874. The molecule has 0 saturated heterocycles. The third-order valence-electron chi connectivity index (χ3n) is 3.40. The van der Waals surface area contributed by atoms with Crippen molar-refractivity contribution in [2.75, 3.05) is 20.8 Å². The molecule has 0 amide bonds. The third kappa shape index (κ3) is 2.55. The van der Waals surface area contributed by atoms with E-state index < -0.39 is 0 Å². The maximum absolute atomic E-state index is 9.43. The molecule has 0 aliphatic heterocycles. The van der Waals surface area contributed by atoms with Gasteiger partial charge in [0.25, 0.3) is 0 Å². The number of aliphatic hydroxyl groups is 1. The topological polar surface area (TPSA) is 38.7 Å². The predicted octanol–water partition coefficient (Wildman–Crippen LogP) is 2.81. The summed E-state index contributed by atoms with van der Waals surface area (Å²) in [4.78, 5) is 0. The van der Waals surface area contributed by atoms with Crippen LogP contribution >= 0.6 is 0 Å². The Morgan fingerprint density at radius 2 is 1.82 bits per heavy atom. The van der Waals surface area contributed by atoms with E-state index in [1.807, 2.05) is 19.9 Å². The van der Waals surface area contributed by atoms with Crippen LogP contribution in [0.4, 0.5) is 0 Å². The Labute approximate surface area is 103 Å². The second-order valence-corrected chi connectivity index (χ2v) is 4.24. The summed E-state index contributed by atoms with van der Waals surface area (Å²) in [5, 5.41) is 9.43. The fraction of sp³-hybridized carbons (Fsp3) is 0.571. The lowest BCUT2D eigenvalue weighted by Gasteiger charge is -2.21. The molecule has 3 heteroatoms. The Bertz CT molecular complexity index is 382. The van der Waals surface area contributed by atoms with Crippen molar-refractivity contribution in [2.45, 2.75) is 33.1 Å². The molecule has 0 fully saturated rings. The third-order valence-corrected chi connectivity index (χ3v) is 3.40. The highest BCUT2D eigenvalue weighted by molar-refractivity contribution is 5.53. The average molecular weight is 238 g/mol. The van der Waals surface area contributed by atoms with Gasteiger partial charge in [0.1, 0.15) is 11.5 Å². The van der Waals surface area contributed by atoms with Crippen molar-refractivity contribution in [1.82, 2.24) is 0 Å². The van der Waals surface area contributed by atoms with Gasteiger partial charge in [-0.15, -0.1) is 0 Å². The van der Waals surface area contributed by atoms with Gasteiger partial charge in [0.05, 0.1) is 20.8 Å². The highest BCUT2D eigenvalue weighted by Crippen LogP contribution is 2.38. The molecule has 0 bridgehead atoms. The lowest BCUT2D eigenvalue weighted by Crippen LogP contribution is -2.07. The first-order chi connectivity index (χ1) is 8.10. The van der Waals surface area contributed by atoms with Gasteiger partial charge >= 0.3 is 0 Å². The fourth-order valence-corrected chi connectivity index (χ4v) is 2.12. The van der Waals surface area contributed by atoms with Gasteiger partial charge in [0.2, 0.25) is 0 Å². The highest BCUT2D eigenvalue weighted by Gasteiger charge is 2.19. The van der Waals surface area contributed by atoms with Crippen LogP contribution in [0.5, 0.6) is 11.5 Å². The lowest BCUT2D eigenvalue weighted by atomic mass is 9.92. The van der Waals surface area contributed by atoms with Crippen molar-refractivity contribution in [1.29, 1.82) is 0 Å². The molecular weight excluding hydrogens is 216 g/mol. The van der Waals surface area contributed by atoms with Gasteiger partial charge in [0, 0.05) is 11.5 Å². The monoisotopic (exact) mass is 238 g/mol. The number of hydrogen-bond donors (Lipinski definition) is 1. The van der Waals surface area contributed by atoms with E-state index in [0.29, 0.717) is 0 Å². The summed E-state index contributed by atoms with van der Waals surface area (Å²) in [6.45, 7) is 6.21. The molecule has 0 saturated carbocycles. The first-order valence-electron chi connectivity index (χ1n) is 5.93. The van der Waals surface area contributed by atoms with Gasteiger partial charge in [0.15, 0.2) is 0 Å². The second-order valence-electron chi connectivity index (χ2n) is 4.24. The largest absolute Gasteiger partial charge is 0.496 e. The SMILES string of the molecule is CCC(CO)c1cc(OC)c(C)c(C)c1OC. The molecule has 0 aromatic heterocycles. The standard InChI is InChI=1S/C14H22O3/c1-6-11(8-15)12-7-13(16-4)9(2)10(3)14(12)17-5/h7,11,15H,6,8H2,1-5H3. The van der Waals surface area contributed by atoms with Gasteiger partial charge in [-0.25, -0.2) is 0 Å². The molecule has 3 nitrogen and oxygen atoms in total. The van der Waals surface area contributed by atoms with E-state index in [4.69, 9.17) is 9.47 Å². The van der Waals surface area contributed by atoms with E-state index in [0.717, 1.165) is 34.6 Å². The second kappa shape index (κ2) is 5.92. The first-order valence-corrected chi connectivity index (χ1v) is 5.93. The zero-order chi connectivity index (χ0) is 13.0. The van der Waals surface area contributed by atoms with E-state index in [1.54, 1.807) is 14.2 Å². The Kier molecular flexibility index (Phi) is 4.82. The van der Waals surface area contributed by atoms with E-state index in [1.165, 1.54) is 0 Å². The Morgan fingerprint density at radius 3 is 2.24 bits per heavy atom. The van der Waals surface area contributed by atoms with Crippen LogP contribution in [0.25, 0.3) is 0 Å². The smallest absolute Gasteiger partial charge is 0.125 e. The maximum atomic E-state index is 9.43. The summed E-state index contributed by atoms with van der Waals surface area (Å²) < 4.78 is 10.8. The number of rotatable bonds is 5. The van der Waals surface area contributed by atoms with Gasteiger partial charge in [-0.1, -0.05) is 6.92 Å². The van der Waals surface area contributed by atoms with E-state index in [-0.39, 0.29) is 12.5 Å². The molecule has 1 unspecified atom stereocenters. The van der Waals surface area contributed by atoms with Crippen LogP contribution in [0.2, 0.25) is 0 Å². The zero-order valence-corrected chi connectivity index (χ0v) is 11.3. The highest BCUT2D eigenvalue weighted by atomic mass is 16.5. The van der Waals surface area contributed by atoms with Gasteiger partial charge in [-0.3, -0.25) is 0 Å². The van der Waals surface area contributed by atoms with Crippen molar-refractivity contribution in [2.24, 2.45) is 0 Å². The zero-order valence-electron chi connectivity index (χ0n) is 11.3. The molecule has 96 valence electrons. The molecular formula is C14H22O3. The normalized spacial score (nSPS) is 12.4. The fourth-order valence-electron chi connectivity index (χ4n) is 2.12. The minimum absolute atomic E-state index is 0.0955. The van der Waals surface area contributed by atoms with Crippen LogP contribution in [0.1, 0.15) is 36.0 Å². The van der Waals surface area contributed by atoms with Gasteiger partial charge < -0.3 is 14.6 Å². The van der Waals surface area contributed by atoms with Crippen molar-refractivity contribution < 1.29 is 14.6 Å². The van der Waals surface area contributed by atoms with Crippen LogP contribution in [-0.4, -0.2) is 25.9 Å². The van der Waals surface area contributed by atoms with E-state index in [9.17, 15) is 5.11 Å². The Hall–Kier alpha value is -1.22. The maximum Gasteiger partial charge on any atom is 0.125 e. The summed E-state index contributed by atoms with van der Waals surface area (Å²) in [7, 11) is 3.33. The molecule has 17 heavy (non-hydrogen) atoms. The number of methoxy groups -OCH3 is 2. The number of hydrogen-bond acceptors (Lipinski definition) is 3. The van der Waals surface area contributed by atoms with Gasteiger partial charge in [-0.05, 0) is 37.5 Å². The van der Waals surface area contributed by atoms with Crippen molar-refractivity contribution in [3.8, 4) is 11.5 Å². The average Bonchev–Trinajstić information content (AvgIpc) is 2.35. The molecule has 0 aliphatic carbocycles. The summed E-state index contributed by atoms with van der Waals surface area (Å²) >= 11 is 0. The number of aliphatic hydroxyl groups excluding tert-OH is 1. The molecule has 0 spiro atoms. The van der Waals surface area contributed by atoms with Crippen LogP contribution in [-0.2, 0) is 0 Å². The van der Waals surface area contributed by atoms with Crippen LogP contribution < -0.4 is 9.47 Å². The predicted molar refractivity (Wildman–Crippen MR) is 69.1 cm³/mol. The quantitative estimate of drug-likeness (QED) is 0.857. The molecule has 1 aromatic rings. The number of benzene rings is 1. The van der Waals surface area contributed by atoms with E-state index >= 15 is 0 Å². The first kappa shape index (κ1) is 13.8. The van der Waals surface area contributed by atoms with Crippen LogP contribution in [0, 0.1) is 13.8 Å². The molecule has 1 aromatic carbocycles. The molecule has 1 rings (SSSR count). The van der Waals surface area contributed by atoms with Gasteiger partial charge in [-0.2, -0.15) is 0 Å². The minimum Gasteiger partial charge on any atom is -0.496 e. The molecule has 1 atom stereocenters. The lowest BCUT2D eigenvalue weighted by molar-refractivity contribution is 0.258. The van der Waals surface area contributed by atoms with Crippen LogP contribution in [0.3, 0.4) is 0 Å². The number of ether oxygens (including phenoxy) is 2. The van der Waals surface area contributed by atoms with Crippen LogP contribution in [0.15, 0.2) is 6.07 Å². The van der Waals surface area contributed by atoms with Crippen molar-refractivity contribution >= 4 is 0 Å². The Balaban J connectivity index is 3.41. The molecule has 0 heterocycles. The summed E-state index contributed by atoms with van der Waals surface area (Å²) in [5.74, 6) is 1.81. The molecule has 0 aliphatic rings. The van der Waals surface area contributed by atoms with Crippen molar-refractivity contribution in [3.05, 3.63) is 22.8 Å². The minimum atomic E-state index is 0.0955.